The molecule has 0 unspecified atom stereocenters. The third-order valence-electron chi connectivity index (χ3n) is 4.86. The maximum atomic E-state index is 12.4. The van der Waals surface area contributed by atoms with Gasteiger partial charge in [0.05, 0.1) is 26.3 Å². The molecule has 3 rings (SSSR count). The van der Waals surface area contributed by atoms with Gasteiger partial charge >= 0.3 is 0 Å². The zero-order valence-electron chi connectivity index (χ0n) is 17.0. The van der Waals surface area contributed by atoms with E-state index in [4.69, 9.17) is 4.74 Å². The quantitative estimate of drug-likeness (QED) is 0.776. The van der Waals surface area contributed by atoms with E-state index in [1.54, 1.807) is 23.9 Å². The van der Waals surface area contributed by atoms with Crippen molar-refractivity contribution in [2.45, 2.75) is 0 Å². The van der Waals surface area contributed by atoms with Gasteiger partial charge in [0, 0.05) is 37.2 Å². The highest BCUT2D eigenvalue weighted by Crippen LogP contribution is 2.19. The molecule has 7 nitrogen and oxygen atoms in total. The van der Waals surface area contributed by atoms with Gasteiger partial charge in [0.2, 0.25) is 11.8 Å². The van der Waals surface area contributed by atoms with Crippen molar-refractivity contribution in [2.24, 2.45) is 0 Å². The van der Waals surface area contributed by atoms with Crippen LogP contribution in [0.15, 0.2) is 54.6 Å². The number of anilines is 3. The van der Waals surface area contributed by atoms with Crippen LogP contribution in [0.4, 0.5) is 17.1 Å². The van der Waals surface area contributed by atoms with Crippen molar-refractivity contribution in [1.82, 2.24) is 4.90 Å². The average molecular weight is 396 g/mol. The molecule has 7 heteroatoms. The summed E-state index contributed by atoms with van der Waals surface area (Å²) < 4.78 is 5.37. The Bertz CT molecular complexity index is 805. The van der Waals surface area contributed by atoms with Crippen molar-refractivity contribution < 1.29 is 14.3 Å². The van der Waals surface area contributed by atoms with Crippen molar-refractivity contribution in [1.29, 1.82) is 0 Å². The largest absolute Gasteiger partial charge is 0.378 e. The maximum absolute atomic E-state index is 12.4. The number of nitrogens with one attached hydrogen (secondary N) is 1. The van der Waals surface area contributed by atoms with E-state index in [9.17, 15) is 9.59 Å². The van der Waals surface area contributed by atoms with Crippen LogP contribution >= 0.6 is 0 Å². The number of carbonyl (C=O) groups excluding carboxylic acids is 2. The molecule has 1 aliphatic rings. The van der Waals surface area contributed by atoms with E-state index in [1.165, 1.54) is 0 Å². The number of ether oxygens (including phenoxy) is 1. The molecule has 1 fully saturated rings. The summed E-state index contributed by atoms with van der Waals surface area (Å²) in [4.78, 5) is 30.3. The Morgan fingerprint density at radius 1 is 0.966 bits per heavy atom. The second-order valence-electron chi connectivity index (χ2n) is 7.16. The lowest BCUT2D eigenvalue weighted by atomic mass is 10.2. The zero-order chi connectivity index (χ0) is 20.6. The highest BCUT2D eigenvalue weighted by Gasteiger charge is 2.16. The Morgan fingerprint density at radius 3 is 2.28 bits per heavy atom. The molecule has 2 aromatic rings. The fraction of sp³-hybridized carbons (Fsp3) is 0.364. The number of likely N-dealkylation sites (N-methyl/N-ethyl adjacent to an activating group) is 2. The van der Waals surface area contributed by atoms with Crippen LogP contribution in [0.3, 0.4) is 0 Å². The predicted molar refractivity (Wildman–Crippen MR) is 115 cm³/mol. The molecule has 1 heterocycles. The van der Waals surface area contributed by atoms with Gasteiger partial charge in [-0.1, -0.05) is 18.2 Å². The summed E-state index contributed by atoms with van der Waals surface area (Å²) in [5.74, 6) is -0.219. The van der Waals surface area contributed by atoms with Crippen molar-refractivity contribution >= 4 is 28.9 Å². The van der Waals surface area contributed by atoms with Crippen LogP contribution in [0.2, 0.25) is 0 Å². The number of morpholine rings is 1. The van der Waals surface area contributed by atoms with Crippen LogP contribution in [-0.2, 0) is 14.3 Å². The fourth-order valence-corrected chi connectivity index (χ4v) is 3.21. The first-order valence-electron chi connectivity index (χ1n) is 9.75. The van der Waals surface area contributed by atoms with Crippen molar-refractivity contribution in [3.8, 4) is 0 Å². The van der Waals surface area contributed by atoms with Crippen LogP contribution in [0.5, 0.6) is 0 Å². The predicted octanol–water partition coefficient (Wildman–Crippen LogP) is 2.06. The fourth-order valence-electron chi connectivity index (χ4n) is 3.21. The number of para-hydroxylation sites is 1. The minimum atomic E-state index is -0.151. The summed E-state index contributed by atoms with van der Waals surface area (Å²) >= 11 is 0. The molecular formula is C22H28N4O3. The number of benzene rings is 2. The summed E-state index contributed by atoms with van der Waals surface area (Å²) in [6.07, 6.45) is 0. The topological polar surface area (TPSA) is 65.1 Å². The van der Waals surface area contributed by atoms with Crippen molar-refractivity contribution in [2.75, 3.05) is 68.6 Å². The van der Waals surface area contributed by atoms with E-state index in [2.05, 4.69) is 10.2 Å². The van der Waals surface area contributed by atoms with Gasteiger partial charge in [-0.15, -0.1) is 0 Å². The molecular weight excluding hydrogens is 368 g/mol. The average Bonchev–Trinajstić information content (AvgIpc) is 2.74. The van der Waals surface area contributed by atoms with Crippen molar-refractivity contribution in [3.05, 3.63) is 54.6 Å². The number of carbonyl (C=O) groups is 2. The molecule has 1 N–H and O–H groups in total. The Labute approximate surface area is 171 Å². The first-order valence-corrected chi connectivity index (χ1v) is 9.75. The minimum Gasteiger partial charge on any atom is -0.378 e. The molecule has 0 aliphatic carbocycles. The Kier molecular flexibility index (Phi) is 7.21. The number of hydrogen-bond acceptors (Lipinski definition) is 5. The van der Waals surface area contributed by atoms with E-state index >= 15 is 0 Å². The Balaban J connectivity index is 1.46. The van der Waals surface area contributed by atoms with Crippen LogP contribution < -0.4 is 15.1 Å². The summed E-state index contributed by atoms with van der Waals surface area (Å²) in [5, 5.41) is 2.89. The third kappa shape index (κ3) is 6.04. The molecule has 2 amide bonds. The lowest BCUT2D eigenvalue weighted by Crippen LogP contribution is -2.39. The molecule has 0 saturated carbocycles. The van der Waals surface area contributed by atoms with Crippen LogP contribution in [0.25, 0.3) is 0 Å². The second kappa shape index (κ2) is 10.0. The molecule has 154 valence electrons. The van der Waals surface area contributed by atoms with Crippen LogP contribution in [0.1, 0.15) is 0 Å². The van der Waals surface area contributed by atoms with Gasteiger partial charge in [-0.3, -0.25) is 14.5 Å². The van der Waals surface area contributed by atoms with Gasteiger partial charge in [-0.05, 0) is 43.4 Å². The monoisotopic (exact) mass is 396 g/mol. The number of hydrogen-bond donors (Lipinski definition) is 1. The Morgan fingerprint density at radius 2 is 1.62 bits per heavy atom. The smallest absolute Gasteiger partial charge is 0.240 e. The summed E-state index contributed by atoms with van der Waals surface area (Å²) in [6, 6.07) is 17.3. The molecule has 0 aromatic heterocycles. The van der Waals surface area contributed by atoms with Gasteiger partial charge in [0.25, 0.3) is 0 Å². The lowest BCUT2D eigenvalue weighted by molar-refractivity contribution is -0.120. The van der Waals surface area contributed by atoms with E-state index < -0.39 is 0 Å². The van der Waals surface area contributed by atoms with Gasteiger partial charge in [-0.25, -0.2) is 0 Å². The lowest BCUT2D eigenvalue weighted by Gasteiger charge is -2.28. The molecule has 0 atom stereocenters. The second-order valence-corrected chi connectivity index (χ2v) is 7.16. The molecule has 0 spiro atoms. The van der Waals surface area contributed by atoms with E-state index in [0.29, 0.717) is 0 Å². The third-order valence-corrected chi connectivity index (χ3v) is 4.86. The number of amides is 2. The highest BCUT2D eigenvalue weighted by molar-refractivity contribution is 5.95. The molecule has 29 heavy (non-hydrogen) atoms. The standard InChI is InChI=1S/C22H28N4O3/c1-24(17-22(28)25(2)19-6-4-3-5-7-19)16-21(27)23-18-8-10-20(11-9-18)26-12-14-29-15-13-26/h3-11H,12-17H2,1-2H3,(H,23,27). The SMILES string of the molecule is CN(CC(=O)Nc1ccc(N2CCOCC2)cc1)CC(=O)N(C)c1ccccc1. The minimum absolute atomic E-state index is 0.0682. The normalized spacial score (nSPS) is 14.0. The van der Waals surface area contributed by atoms with E-state index in [0.717, 1.165) is 43.4 Å². The summed E-state index contributed by atoms with van der Waals surface area (Å²) in [7, 11) is 3.50. The molecule has 1 saturated heterocycles. The van der Waals surface area contributed by atoms with Crippen LogP contribution in [0, 0.1) is 0 Å². The van der Waals surface area contributed by atoms with Gasteiger partial charge in [0.15, 0.2) is 0 Å². The first-order chi connectivity index (χ1) is 14.0. The van der Waals surface area contributed by atoms with E-state index in [1.807, 2.05) is 54.6 Å². The van der Waals surface area contributed by atoms with Gasteiger partial charge < -0.3 is 19.9 Å². The van der Waals surface area contributed by atoms with Crippen LogP contribution in [-0.4, -0.2) is 70.2 Å². The number of nitrogens with zero attached hydrogens (tertiary/aromatic N) is 3. The molecule has 2 aromatic carbocycles. The molecule has 0 radical (unpaired) electrons. The molecule has 0 bridgehead atoms. The van der Waals surface area contributed by atoms with Gasteiger partial charge in [0.1, 0.15) is 0 Å². The zero-order valence-corrected chi connectivity index (χ0v) is 17.0. The van der Waals surface area contributed by atoms with Gasteiger partial charge in [-0.2, -0.15) is 0 Å². The maximum Gasteiger partial charge on any atom is 0.240 e. The number of rotatable bonds is 7. The Hall–Kier alpha value is -2.90. The summed E-state index contributed by atoms with van der Waals surface area (Å²) in [6.45, 7) is 3.53. The molecule has 1 aliphatic heterocycles. The van der Waals surface area contributed by atoms with Crippen molar-refractivity contribution in [3.63, 3.8) is 0 Å². The highest BCUT2D eigenvalue weighted by atomic mass is 16.5. The van der Waals surface area contributed by atoms with E-state index in [-0.39, 0.29) is 24.9 Å². The first kappa shape index (κ1) is 20.8. The summed E-state index contributed by atoms with van der Waals surface area (Å²) in [5.41, 5.74) is 2.70.